The number of amides is 1. The van der Waals surface area contributed by atoms with Crippen LogP contribution in [0.5, 0.6) is 5.75 Å². The molecule has 2 N–H and O–H groups in total. The van der Waals surface area contributed by atoms with E-state index in [1.807, 2.05) is 0 Å². The molecular weight excluding hydrogens is 258 g/mol. The third kappa shape index (κ3) is 3.10. The lowest BCUT2D eigenvalue weighted by Crippen LogP contribution is -2.27. The number of carbonyl (C=O) groups is 2. The SMILES string of the molecule is CC(C)(C)OC(=O)Nc1ccc(C2(C=O)CC2)c(O)c1. The number of anilines is 1. The van der Waals surface area contributed by atoms with Crippen molar-refractivity contribution >= 4 is 18.1 Å². The molecule has 0 atom stereocenters. The minimum atomic E-state index is -0.582. The second-order valence-electron chi connectivity index (χ2n) is 6.13. The van der Waals surface area contributed by atoms with Crippen molar-refractivity contribution in [3.05, 3.63) is 23.8 Å². The topological polar surface area (TPSA) is 75.6 Å². The Labute approximate surface area is 117 Å². The van der Waals surface area contributed by atoms with Crippen LogP contribution in [0.4, 0.5) is 10.5 Å². The number of phenolic OH excluding ortho intramolecular Hbond substituents is 1. The van der Waals surface area contributed by atoms with E-state index in [4.69, 9.17) is 4.74 Å². The van der Waals surface area contributed by atoms with E-state index in [2.05, 4.69) is 5.32 Å². The summed E-state index contributed by atoms with van der Waals surface area (Å²) < 4.78 is 5.12. The van der Waals surface area contributed by atoms with Crippen LogP contribution in [0.3, 0.4) is 0 Å². The fraction of sp³-hybridized carbons (Fsp3) is 0.467. The summed E-state index contributed by atoms with van der Waals surface area (Å²) in [6, 6.07) is 4.76. The number of rotatable bonds is 3. The van der Waals surface area contributed by atoms with Crippen LogP contribution < -0.4 is 5.32 Å². The molecule has 1 fully saturated rings. The lowest BCUT2D eigenvalue weighted by molar-refractivity contribution is -0.109. The van der Waals surface area contributed by atoms with Crippen LogP contribution in [0.1, 0.15) is 39.2 Å². The molecule has 20 heavy (non-hydrogen) atoms. The molecule has 1 aliphatic rings. The predicted octanol–water partition coefficient (Wildman–Crippen LogP) is 2.97. The van der Waals surface area contributed by atoms with E-state index in [-0.39, 0.29) is 5.75 Å². The molecule has 1 aromatic rings. The van der Waals surface area contributed by atoms with Gasteiger partial charge < -0.3 is 14.6 Å². The number of aldehydes is 1. The molecule has 1 saturated carbocycles. The highest BCUT2D eigenvalue weighted by molar-refractivity contribution is 5.86. The molecular formula is C15H19NO4. The van der Waals surface area contributed by atoms with E-state index in [0.29, 0.717) is 11.3 Å². The highest BCUT2D eigenvalue weighted by Gasteiger charge is 2.46. The average molecular weight is 277 g/mol. The third-order valence-electron chi connectivity index (χ3n) is 3.19. The van der Waals surface area contributed by atoms with Gasteiger partial charge >= 0.3 is 6.09 Å². The van der Waals surface area contributed by atoms with Crippen LogP contribution in [0.2, 0.25) is 0 Å². The predicted molar refractivity (Wildman–Crippen MR) is 74.9 cm³/mol. The number of carbonyl (C=O) groups excluding carboxylic acids is 2. The minimum Gasteiger partial charge on any atom is -0.508 e. The molecule has 0 bridgehead atoms. The molecule has 0 aromatic heterocycles. The van der Waals surface area contributed by atoms with Gasteiger partial charge in [-0.05, 0) is 39.7 Å². The van der Waals surface area contributed by atoms with Gasteiger partial charge in [0.25, 0.3) is 0 Å². The maximum atomic E-state index is 11.6. The van der Waals surface area contributed by atoms with Crippen molar-refractivity contribution in [3.63, 3.8) is 0 Å². The first kappa shape index (κ1) is 14.4. The molecule has 0 saturated heterocycles. The van der Waals surface area contributed by atoms with Gasteiger partial charge in [-0.25, -0.2) is 4.79 Å². The number of aromatic hydroxyl groups is 1. The summed E-state index contributed by atoms with van der Waals surface area (Å²) in [5, 5.41) is 12.5. The Kier molecular flexibility index (Phi) is 3.46. The molecule has 0 spiro atoms. The number of nitrogens with one attached hydrogen (secondary N) is 1. The van der Waals surface area contributed by atoms with E-state index in [1.54, 1.807) is 32.9 Å². The second kappa shape index (κ2) is 4.81. The minimum absolute atomic E-state index is 0.0168. The Hall–Kier alpha value is -2.04. The summed E-state index contributed by atoms with van der Waals surface area (Å²) in [5.74, 6) is 0.0168. The third-order valence-corrected chi connectivity index (χ3v) is 3.19. The first-order valence-corrected chi connectivity index (χ1v) is 6.56. The lowest BCUT2D eigenvalue weighted by atomic mass is 9.96. The number of benzene rings is 1. The smallest absolute Gasteiger partial charge is 0.412 e. The maximum absolute atomic E-state index is 11.6. The quantitative estimate of drug-likeness (QED) is 0.833. The van der Waals surface area contributed by atoms with Gasteiger partial charge in [0, 0.05) is 17.3 Å². The maximum Gasteiger partial charge on any atom is 0.412 e. The van der Waals surface area contributed by atoms with Gasteiger partial charge in [0.05, 0.1) is 5.41 Å². The molecule has 5 heteroatoms. The monoisotopic (exact) mass is 277 g/mol. The number of hydrogen-bond acceptors (Lipinski definition) is 4. The van der Waals surface area contributed by atoms with E-state index in [1.165, 1.54) is 6.07 Å². The summed E-state index contributed by atoms with van der Waals surface area (Å²) >= 11 is 0. The number of hydrogen-bond donors (Lipinski definition) is 2. The summed E-state index contributed by atoms with van der Waals surface area (Å²) in [6.45, 7) is 5.32. The van der Waals surface area contributed by atoms with E-state index >= 15 is 0 Å². The zero-order valence-electron chi connectivity index (χ0n) is 11.9. The Morgan fingerprint density at radius 1 is 1.40 bits per heavy atom. The van der Waals surface area contributed by atoms with Crippen molar-refractivity contribution < 1.29 is 19.4 Å². The largest absolute Gasteiger partial charge is 0.508 e. The molecule has 1 amide bonds. The normalized spacial score (nSPS) is 16.4. The summed E-state index contributed by atoms with van der Waals surface area (Å²) in [5.41, 5.74) is -0.0691. The van der Waals surface area contributed by atoms with Crippen molar-refractivity contribution in [3.8, 4) is 5.75 Å². The summed E-state index contributed by atoms with van der Waals surface area (Å²) in [7, 11) is 0. The Morgan fingerprint density at radius 3 is 2.50 bits per heavy atom. The van der Waals surface area contributed by atoms with Gasteiger partial charge in [-0.3, -0.25) is 5.32 Å². The standard InChI is InChI=1S/C15H19NO4/c1-14(2,3)20-13(19)16-10-4-5-11(12(18)8-10)15(9-17)6-7-15/h4-5,8-9,18H,6-7H2,1-3H3,(H,16,19). The van der Waals surface area contributed by atoms with E-state index < -0.39 is 17.1 Å². The van der Waals surface area contributed by atoms with Crippen LogP contribution >= 0.6 is 0 Å². The molecule has 1 aliphatic carbocycles. The Bertz CT molecular complexity index is 541. The Balaban J connectivity index is 2.10. The van der Waals surface area contributed by atoms with Crippen molar-refractivity contribution in [1.82, 2.24) is 0 Å². The van der Waals surface area contributed by atoms with Crippen molar-refractivity contribution in [2.45, 2.75) is 44.6 Å². The highest BCUT2D eigenvalue weighted by atomic mass is 16.6. The first-order valence-electron chi connectivity index (χ1n) is 6.56. The fourth-order valence-corrected chi connectivity index (χ4v) is 2.04. The fourth-order valence-electron chi connectivity index (χ4n) is 2.04. The molecule has 0 heterocycles. The van der Waals surface area contributed by atoms with E-state index in [0.717, 1.165) is 19.1 Å². The van der Waals surface area contributed by atoms with Gasteiger partial charge in [-0.1, -0.05) is 6.07 Å². The molecule has 0 radical (unpaired) electrons. The molecule has 5 nitrogen and oxygen atoms in total. The molecule has 0 unspecified atom stereocenters. The summed E-state index contributed by atoms with van der Waals surface area (Å²) in [4.78, 5) is 22.7. The van der Waals surface area contributed by atoms with Crippen molar-refractivity contribution in [1.29, 1.82) is 0 Å². The summed E-state index contributed by atoms with van der Waals surface area (Å²) in [6.07, 6.45) is 1.80. The molecule has 2 rings (SSSR count). The average Bonchev–Trinajstić information content (AvgIpc) is 3.07. The second-order valence-corrected chi connectivity index (χ2v) is 6.13. The number of ether oxygens (including phenoxy) is 1. The van der Waals surface area contributed by atoms with Crippen molar-refractivity contribution in [2.75, 3.05) is 5.32 Å². The zero-order valence-corrected chi connectivity index (χ0v) is 11.9. The number of phenols is 1. The van der Waals surface area contributed by atoms with Crippen LogP contribution in [0, 0.1) is 0 Å². The Morgan fingerprint density at radius 2 is 2.05 bits per heavy atom. The van der Waals surface area contributed by atoms with Crippen LogP contribution in [-0.4, -0.2) is 23.1 Å². The van der Waals surface area contributed by atoms with Gasteiger partial charge in [-0.15, -0.1) is 0 Å². The van der Waals surface area contributed by atoms with Gasteiger partial charge in [-0.2, -0.15) is 0 Å². The lowest BCUT2D eigenvalue weighted by Gasteiger charge is -2.20. The zero-order chi connectivity index (χ0) is 15.0. The molecule has 0 aliphatic heterocycles. The van der Waals surface area contributed by atoms with Gasteiger partial charge in [0.2, 0.25) is 0 Å². The van der Waals surface area contributed by atoms with Gasteiger partial charge in [0.1, 0.15) is 17.6 Å². The van der Waals surface area contributed by atoms with Crippen LogP contribution in [0.25, 0.3) is 0 Å². The van der Waals surface area contributed by atoms with Crippen LogP contribution in [-0.2, 0) is 14.9 Å². The molecule has 1 aromatic carbocycles. The first-order chi connectivity index (χ1) is 9.26. The highest BCUT2D eigenvalue weighted by Crippen LogP contribution is 2.49. The van der Waals surface area contributed by atoms with Gasteiger partial charge in [0.15, 0.2) is 0 Å². The van der Waals surface area contributed by atoms with Crippen molar-refractivity contribution in [2.24, 2.45) is 0 Å². The van der Waals surface area contributed by atoms with E-state index in [9.17, 15) is 14.7 Å². The van der Waals surface area contributed by atoms with Crippen LogP contribution in [0.15, 0.2) is 18.2 Å². The molecule has 108 valence electrons.